The lowest BCUT2D eigenvalue weighted by atomic mass is 9.77. The second kappa shape index (κ2) is 10.1. The quantitative estimate of drug-likeness (QED) is 0.449. The van der Waals surface area contributed by atoms with Crippen molar-refractivity contribution < 1.29 is 28.5 Å². The standard InChI is InChI=1S/C22H34FNO5/c1-15(2)17(22(6,7)23)18(24(8)20(26)28-21(3,4)5)19(25)29-27-14-16-12-10-9-11-13-16/h9-13,15,17-18H,14H2,1-8H3/t17?,18-/m0/s1. The van der Waals surface area contributed by atoms with E-state index in [1.807, 2.05) is 30.3 Å². The van der Waals surface area contributed by atoms with Gasteiger partial charge in [-0.15, -0.1) is 0 Å². The molecule has 0 N–H and O–H groups in total. The lowest BCUT2D eigenvalue weighted by Gasteiger charge is -2.39. The molecule has 0 aliphatic carbocycles. The van der Waals surface area contributed by atoms with Gasteiger partial charge in [0.05, 0.1) is 0 Å². The van der Waals surface area contributed by atoms with Gasteiger partial charge in [-0.05, 0) is 46.1 Å². The molecule has 0 spiro atoms. The minimum atomic E-state index is -1.76. The van der Waals surface area contributed by atoms with Gasteiger partial charge >= 0.3 is 12.1 Å². The summed E-state index contributed by atoms with van der Waals surface area (Å²) in [6, 6.07) is 7.94. The fourth-order valence-corrected chi connectivity index (χ4v) is 3.30. The summed E-state index contributed by atoms with van der Waals surface area (Å²) in [6.45, 7) is 11.5. The van der Waals surface area contributed by atoms with Crippen molar-refractivity contribution in [3.8, 4) is 0 Å². The van der Waals surface area contributed by atoms with E-state index in [4.69, 9.17) is 14.5 Å². The molecule has 1 amide bonds. The Hall–Kier alpha value is -2.15. The number of rotatable bonds is 8. The third-order valence-electron chi connectivity index (χ3n) is 4.40. The number of amides is 1. The SMILES string of the molecule is CC(C)C([C@@H](C(=O)OOCc1ccccc1)N(C)C(=O)OC(C)(C)C)C(C)(C)F. The van der Waals surface area contributed by atoms with Gasteiger partial charge in [0.25, 0.3) is 0 Å². The lowest BCUT2D eigenvalue weighted by molar-refractivity contribution is -0.285. The van der Waals surface area contributed by atoms with E-state index >= 15 is 4.39 Å². The number of carbonyl (C=O) groups excluding carboxylic acids is 2. The Labute approximate surface area is 173 Å². The summed E-state index contributed by atoms with van der Waals surface area (Å²) >= 11 is 0. The predicted molar refractivity (Wildman–Crippen MR) is 109 cm³/mol. The first-order valence-corrected chi connectivity index (χ1v) is 9.76. The third kappa shape index (κ3) is 8.01. The predicted octanol–water partition coefficient (Wildman–Crippen LogP) is 4.92. The molecule has 0 saturated carbocycles. The van der Waals surface area contributed by atoms with Crippen LogP contribution in [-0.4, -0.2) is 41.3 Å². The van der Waals surface area contributed by atoms with Crippen molar-refractivity contribution in [1.29, 1.82) is 0 Å². The number of likely N-dealkylation sites (N-methyl/N-ethyl adjacent to an activating group) is 1. The van der Waals surface area contributed by atoms with Crippen LogP contribution < -0.4 is 0 Å². The Morgan fingerprint density at radius 1 is 1.07 bits per heavy atom. The maximum atomic E-state index is 15.0. The molecule has 0 heterocycles. The van der Waals surface area contributed by atoms with Gasteiger partial charge in [-0.1, -0.05) is 44.2 Å². The van der Waals surface area contributed by atoms with Crippen LogP contribution in [0.25, 0.3) is 0 Å². The van der Waals surface area contributed by atoms with Crippen molar-refractivity contribution >= 4 is 12.1 Å². The van der Waals surface area contributed by atoms with Crippen LogP contribution in [0.5, 0.6) is 0 Å². The molecule has 1 aromatic carbocycles. The molecule has 2 atom stereocenters. The van der Waals surface area contributed by atoms with Crippen LogP contribution in [0.1, 0.15) is 54.0 Å². The minimum Gasteiger partial charge on any atom is -0.444 e. The highest BCUT2D eigenvalue weighted by molar-refractivity contribution is 5.81. The molecular weight excluding hydrogens is 377 g/mol. The minimum absolute atomic E-state index is 0.0425. The molecule has 0 bridgehead atoms. The molecular formula is C22H34FNO5. The smallest absolute Gasteiger partial charge is 0.410 e. The normalized spacial score (nSPS) is 14.3. The molecule has 0 saturated heterocycles. The van der Waals surface area contributed by atoms with Crippen LogP contribution >= 0.6 is 0 Å². The van der Waals surface area contributed by atoms with Gasteiger partial charge in [-0.25, -0.2) is 14.0 Å². The Kier molecular flexibility index (Phi) is 8.63. The summed E-state index contributed by atoms with van der Waals surface area (Å²) in [7, 11) is 1.40. The van der Waals surface area contributed by atoms with Gasteiger partial charge in [0.15, 0.2) is 0 Å². The van der Waals surface area contributed by atoms with Crippen molar-refractivity contribution in [3.63, 3.8) is 0 Å². The third-order valence-corrected chi connectivity index (χ3v) is 4.40. The van der Waals surface area contributed by atoms with E-state index in [0.717, 1.165) is 10.5 Å². The number of nitrogens with zero attached hydrogens (tertiary/aromatic N) is 1. The first-order valence-electron chi connectivity index (χ1n) is 9.76. The van der Waals surface area contributed by atoms with Crippen molar-refractivity contribution in [2.45, 2.75) is 72.4 Å². The number of benzene rings is 1. The van der Waals surface area contributed by atoms with Crippen molar-refractivity contribution in [1.82, 2.24) is 4.90 Å². The fraction of sp³-hybridized carbons (Fsp3) is 0.636. The van der Waals surface area contributed by atoms with E-state index in [9.17, 15) is 9.59 Å². The highest BCUT2D eigenvalue weighted by Crippen LogP contribution is 2.34. The molecule has 0 aliphatic rings. The maximum Gasteiger partial charge on any atom is 0.410 e. The molecule has 7 heteroatoms. The zero-order chi connectivity index (χ0) is 22.4. The zero-order valence-electron chi connectivity index (χ0n) is 18.7. The van der Waals surface area contributed by atoms with E-state index in [2.05, 4.69) is 0 Å². The van der Waals surface area contributed by atoms with Crippen LogP contribution in [0, 0.1) is 11.8 Å². The second-order valence-electron chi connectivity index (χ2n) is 9.02. The fourth-order valence-electron chi connectivity index (χ4n) is 3.30. The highest BCUT2D eigenvalue weighted by atomic mass is 19.1. The number of ether oxygens (including phenoxy) is 1. The van der Waals surface area contributed by atoms with E-state index in [1.165, 1.54) is 20.9 Å². The number of alkyl halides is 1. The number of halogens is 1. The Morgan fingerprint density at radius 2 is 1.62 bits per heavy atom. The summed E-state index contributed by atoms with van der Waals surface area (Å²) in [5.41, 5.74) is -1.71. The van der Waals surface area contributed by atoms with Crippen LogP contribution in [0.3, 0.4) is 0 Å². The summed E-state index contributed by atoms with van der Waals surface area (Å²) in [6.07, 6.45) is -0.739. The van der Waals surface area contributed by atoms with Crippen molar-refractivity contribution in [3.05, 3.63) is 35.9 Å². The monoisotopic (exact) mass is 411 g/mol. The van der Waals surface area contributed by atoms with Crippen LogP contribution in [0.15, 0.2) is 30.3 Å². The van der Waals surface area contributed by atoms with Gasteiger partial charge < -0.3 is 4.74 Å². The average molecular weight is 412 g/mol. The summed E-state index contributed by atoms with van der Waals surface area (Å²) in [4.78, 5) is 36.6. The van der Waals surface area contributed by atoms with Crippen molar-refractivity contribution in [2.24, 2.45) is 11.8 Å². The number of hydrogen-bond donors (Lipinski definition) is 0. The Bertz CT molecular complexity index is 664. The largest absolute Gasteiger partial charge is 0.444 e. The highest BCUT2D eigenvalue weighted by Gasteiger charge is 2.47. The van der Waals surface area contributed by atoms with Gasteiger partial charge in [0.2, 0.25) is 0 Å². The molecule has 1 aromatic rings. The van der Waals surface area contributed by atoms with Crippen LogP contribution in [0.2, 0.25) is 0 Å². The molecule has 164 valence electrons. The summed E-state index contributed by atoms with van der Waals surface area (Å²) in [5.74, 6) is -1.95. The molecule has 6 nitrogen and oxygen atoms in total. The van der Waals surface area contributed by atoms with Gasteiger partial charge in [-0.3, -0.25) is 9.79 Å². The second-order valence-corrected chi connectivity index (χ2v) is 9.02. The van der Waals surface area contributed by atoms with Gasteiger partial charge in [-0.2, -0.15) is 4.89 Å². The van der Waals surface area contributed by atoms with E-state index in [1.54, 1.807) is 34.6 Å². The number of hydrogen-bond acceptors (Lipinski definition) is 5. The summed E-state index contributed by atoms with van der Waals surface area (Å²) < 4.78 is 20.4. The van der Waals surface area contributed by atoms with E-state index < -0.39 is 35.3 Å². The van der Waals surface area contributed by atoms with Gasteiger partial charge in [0, 0.05) is 13.0 Å². The Morgan fingerprint density at radius 3 is 2.07 bits per heavy atom. The average Bonchev–Trinajstić information content (AvgIpc) is 2.56. The Balaban J connectivity index is 3.04. The first kappa shape index (κ1) is 24.9. The van der Waals surface area contributed by atoms with E-state index in [-0.39, 0.29) is 12.5 Å². The molecule has 0 radical (unpaired) electrons. The molecule has 29 heavy (non-hydrogen) atoms. The van der Waals surface area contributed by atoms with Crippen LogP contribution in [-0.2, 0) is 25.9 Å². The first-order chi connectivity index (χ1) is 13.2. The molecule has 1 rings (SSSR count). The lowest BCUT2D eigenvalue weighted by Crippen LogP contribution is -2.55. The molecule has 0 aliphatic heterocycles. The molecule has 0 aromatic heterocycles. The number of carbonyl (C=O) groups is 2. The molecule has 0 fully saturated rings. The van der Waals surface area contributed by atoms with Crippen molar-refractivity contribution in [2.75, 3.05) is 7.05 Å². The topological polar surface area (TPSA) is 65.1 Å². The van der Waals surface area contributed by atoms with E-state index in [0.29, 0.717) is 0 Å². The summed E-state index contributed by atoms with van der Waals surface area (Å²) in [5, 5.41) is 0. The van der Waals surface area contributed by atoms with Crippen LogP contribution in [0.4, 0.5) is 9.18 Å². The molecule has 1 unspecified atom stereocenters. The zero-order valence-corrected chi connectivity index (χ0v) is 18.7. The maximum absolute atomic E-state index is 15.0. The van der Waals surface area contributed by atoms with Gasteiger partial charge in [0.1, 0.15) is 23.9 Å².